The van der Waals surface area contributed by atoms with Crippen LogP contribution in [0.1, 0.15) is 19.0 Å². The first kappa shape index (κ1) is 13.8. The largest absolute Gasteiger partial charge is 0.490 e. The molecule has 0 amide bonds. The van der Waals surface area contributed by atoms with Crippen molar-refractivity contribution >= 4 is 5.84 Å². The minimum Gasteiger partial charge on any atom is -0.490 e. The van der Waals surface area contributed by atoms with E-state index in [-0.39, 0.29) is 11.8 Å². The quantitative estimate of drug-likeness (QED) is 0.621. The van der Waals surface area contributed by atoms with E-state index >= 15 is 0 Å². The summed E-state index contributed by atoms with van der Waals surface area (Å²) < 4.78 is 11.2. The summed E-state index contributed by atoms with van der Waals surface area (Å²) in [4.78, 5) is 8.05. The highest BCUT2D eigenvalue weighted by Crippen LogP contribution is 2.29. The molecule has 0 unspecified atom stereocenters. The fourth-order valence-electron chi connectivity index (χ4n) is 1.50. The molecule has 0 aliphatic rings. The van der Waals surface area contributed by atoms with Crippen LogP contribution < -0.4 is 15.2 Å². The van der Waals surface area contributed by atoms with Gasteiger partial charge in [-0.05, 0) is 24.6 Å². The Bertz CT molecular complexity index is 601. The number of nitrogen functional groups attached to an aromatic ring is 1. The van der Waals surface area contributed by atoms with E-state index in [9.17, 15) is 0 Å². The first-order valence-corrected chi connectivity index (χ1v) is 6.28. The average molecular weight is 272 g/mol. The minimum absolute atomic E-state index is 0.130. The van der Waals surface area contributed by atoms with E-state index in [1.807, 2.05) is 25.1 Å². The third-order valence-electron chi connectivity index (χ3n) is 2.42. The van der Waals surface area contributed by atoms with Crippen molar-refractivity contribution in [1.82, 2.24) is 9.97 Å². The summed E-state index contributed by atoms with van der Waals surface area (Å²) in [6.45, 7) is 2.64. The third kappa shape index (κ3) is 3.44. The van der Waals surface area contributed by atoms with Crippen LogP contribution in [0.3, 0.4) is 0 Å². The molecule has 2 rings (SSSR count). The lowest BCUT2D eigenvalue weighted by Crippen LogP contribution is -2.13. The van der Waals surface area contributed by atoms with E-state index in [1.165, 1.54) is 6.20 Å². The van der Waals surface area contributed by atoms with Crippen molar-refractivity contribution in [2.24, 2.45) is 5.73 Å². The molecular formula is C14H16N4O2. The Morgan fingerprint density at radius 2 is 2.00 bits per heavy atom. The standard InChI is InChI=1S/C14H16N4O2/c1-2-9-19-11-5-3-4-6-12(11)20-14-17-8-7-10(18-14)13(15)16/h3-8H,2,9H2,1H3,(H3,15,16). The molecule has 1 heterocycles. The number of amidine groups is 1. The molecule has 3 N–H and O–H groups in total. The van der Waals surface area contributed by atoms with Crippen LogP contribution in [0.4, 0.5) is 0 Å². The summed E-state index contributed by atoms with van der Waals surface area (Å²) in [6, 6.07) is 8.97. The van der Waals surface area contributed by atoms with Gasteiger partial charge in [0.05, 0.1) is 6.61 Å². The Kier molecular flexibility index (Phi) is 4.49. The van der Waals surface area contributed by atoms with Crippen LogP contribution in [0.5, 0.6) is 17.5 Å². The molecule has 0 saturated carbocycles. The maximum absolute atomic E-state index is 7.35. The van der Waals surface area contributed by atoms with Crippen LogP contribution in [-0.4, -0.2) is 22.4 Å². The number of nitrogens with zero attached hydrogens (tertiary/aromatic N) is 2. The van der Waals surface area contributed by atoms with E-state index in [0.717, 1.165) is 6.42 Å². The molecular weight excluding hydrogens is 256 g/mol. The van der Waals surface area contributed by atoms with Gasteiger partial charge in [-0.1, -0.05) is 19.1 Å². The van der Waals surface area contributed by atoms with Gasteiger partial charge in [0.25, 0.3) is 0 Å². The Morgan fingerprint density at radius 1 is 1.25 bits per heavy atom. The molecule has 1 aromatic heterocycles. The molecule has 0 radical (unpaired) electrons. The zero-order valence-electron chi connectivity index (χ0n) is 11.2. The van der Waals surface area contributed by atoms with Crippen molar-refractivity contribution in [3.8, 4) is 17.5 Å². The van der Waals surface area contributed by atoms with Gasteiger partial charge in [-0.25, -0.2) is 4.98 Å². The summed E-state index contributed by atoms with van der Waals surface area (Å²) in [5.74, 6) is 1.03. The lowest BCUT2D eigenvalue weighted by atomic mass is 10.3. The normalized spacial score (nSPS) is 10.1. The summed E-state index contributed by atoms with van der Waals surface area (Å²) in [5, 5.41) is 7.35. The number of nitrogens with two attached hydrogens (primary N) is 1. The monoisotopic (exact) mass is 272 g/mol. The number of benzene rings is 1. The molecule has 104 valence electrons. The maximum atomic E-state index is 7.35. The van der Waals surface area contributed by atoms with Gasteiger partial charge in [0, 0.05) is 6.20 Å². The molecule has 2 aromatic rings. The topological polar surface area (TPSA) is 94.1 Å². The Hall–Kier alpha value is -2.63. The van der Waals surface area contributed by atoms with Crippen molar-refractivity contribution in [2.75, 3.05) is 6.61 Å². The van der Waals surface area contributed by atoms with E-state index in [4.69, 9.17) is 20.6 Å². The van der Waals surface area contributed by atoms with Crippen LogP contribution in [-0.2, 0) is 0 Å². The summed E-state index contributed by atoms with van der Waals surface area (Å²) in [6.07, 6.45) is 2.40. The lowest BCUT2D eigenvalue weighted by Gasteiger charge is -2.10. The molecule has 0 atom stereocenters. The van der Waals surface area contributed by atoms with Gasteiger partial charge in [-0.3, -0.25) is 5.41 Å². The molecule has 0 saturated heterocycles. The summed E-state index contributed by atoms with van der Waals surface area (Å²) in [5.41, 5.74) is 5.71. The molecule has 6 nitrogen and oxygen atoms in total. The predicted octanol–water partition coefficient (Wildman–Crippen LogP) is 2.34. The molecule has 0 aliphatic heterocycles. The van der Waals surface area contributed by atoms with Crippen LogP contribution in [0.25, 0.3) is 0 Å². The number of aromatic nitrogens is 2. The minimum atomic E-state index is -0.132. The second-order valence-corrected chi connectivity index (χ2v) is 4.04. The molecule has 0 fully saturated rings. The predicted molar refractivity (Wildman–Crippen MR) is 75.4 cm³/mol. The van der Waals surface area contributed by atoms with Gasteiger partial charge in [0.1, 0.15) is 11.5 Å². The fraction of sp³-hybridized carbons (Fsp3) is 0.214. The number of nitrogens with one attached hydrogen (secondary N) is 1. The Balaban J connectivity index is 2.21. The second-order valence-electron chi connectivity index (χ2n) is 4.04. The SMILES string of the molecule is CCCOc1ccccc1Oc1nccc(C(=N)N)n1. The molecule has 0 spiro atoms. The second kappa shape index (κ2) is 6.51. The van der Waals surface area contributed by atoms with Gasteiger partial charge in [-0.2, -0.15) is 4.98 Å². The van der Waals surface area contributed by atoms with Crippen LogP contribution in [0.2, 0.25) is 0 Å². The molecule has 6 heteroatoms. The van der Waals surface area contributed by atoms with Gasteiger partial charge in [0.2, 0.25) is 0 Å². The summed E-state index contributed by atoms with van der Waals surface area (Å²) >= 11 is 0. The van der Waals surface area contributed by atoms with Crippen molar-refractivity contribution < 1.29 is 9.47 Å². The number of rotatable bonds is 6. The average Bonchev–Trinajstić information content (AvgIpc) is 2.46. The van der Waals surface area contributed by atoms with Gasteiger partial charge in [-0.15, -0.1) is 0 Å². The van der Waals surface area contributed by atoms with Crippen molar-refractivity contribution in [1.29, 1.82) is 5.41 Å². The highest BCUT2D eigenvalue weighted by Gasteiger charge is 2.08. The molecule has 20 heavy (non-hydrogen) atoms. The van der Waals surface area contributed by atoms with Gasteiger partial charge >= 0.3 is 6.01 Å². The summed E-state index contributed by atoms with van der Waals surface area (Å²) in [7, 11) is 0. The highest BCUT2D eigenvalue weighted by molar-refractivity contribution is 5.92. The van der Waals surface area contributed by atoms with Crippen molar-refractivity contribution in [3.63, 3.8) is 0 Å². The number of hydrogen-bond acceptors (Lipinski definition) is 5. The first-order chi connectivity index (χ1) is 9.70. The number of para-hydroxylation sites is 2. The van der Waals surface area contributed by atoms with Crippen LogP contribution in [0, 0.1) is 5.41 Å². The van der Waals surface area contributed by atoms with Crippen molar-refractivity contribution in [2.45, 2.75) is 13.3 Å². The van der Waals surface area contributed by atoms with Crippen LogP contribution >= 0.6 is 0 Å². The third-order valence-corrected chi connectivity index (χ3v) is 2.42. The van der Waals surface area contributed by atoms with E-state index in [0.29, 0.717) is 23.8 Å². The smallest absolute Gasteiger partial charge is 0.322 e. The molecule has 0 bridgehead atoms. The fourth-order valence-corrected chi connectivity index (χ4v) is 1.50. The zero-order valence-corrected chi connectivity index (χ0v) is 11.2. The maximum Gasteiger partial charge on any atom is 0.322 e. The van der Waals surface area contributed by atoms with Crippen molar-refractivity contribution in [3.05, 3.63) is 42.2 Å². The zero-order chi connectivity index (χ0) is 14.4. The first-order valence-electron chi connectivity index (χ1n) is 6.28. The highest BCUT2D eigenvalue weighted by atomic mass is 16.5. The van der Waals surface area contributed by atoms with Gasteiger partial charge in [0.15, 0.2) is 11.5 Å². The lowest BCUT2D eigenvalue weighted by molar-refractivity contribution is 0.299. The Morgan fingerprint density at radius 3 is 2.70 bits per heavy atom. The van der Waals surface area contributed by atoms with E-state index in [2.05, 4.69) is 9.97 Å². The van der Waals surface area contributed by atoms with Gasteiger partial charge < -0.3 is 15.2 Å². The van der Waals surface area contributed by atoms with E-state index in [1.54, 1.807) is 12.1 Å². The van der Waals surface area contributed by atoms with Crippen LogP contribution in [0.15, 0.2) is 36.5 Å². The number of ether oxygens (including phenoxy) is 2. The Labute approximate surface area is 117 Å². The number of hydrogen-bond donors (Lipinski definition) is 2. The van der Waals surface area contributed by atoms with E-state index < -0.39 is 0 Å². The molecule has 0 aliphatic carbocycles. The molecule has 1 aromatic carbocycles.